The van der Waals surface area contributed by atoms with E-state index >= 15 is 0 Å². The molecule has 1 unspecified atom stereocenters. The summed E-state index contributed by atoms with van der Waals surface area (Å²) in [6.45, 7) is 1.40. The van der Waals surface area contributed by atoms with E-state index in [9.17, 15) is 8.42 Å². The summed E-state index contributed by atoms with van der Waals surface area (Å²) in [6, 6.07) is 8.85. The van der Waals surface area contributed by atoms with Crippen LogP contribution in [0.25, 0.3) is 0 Å². The van der Waals surface area contributed by atoms with Gasteiger partial charge in [-0.1, -0.05) is 18.2 Å². The van der Waals surface area contributed by atoms with E-state index in [1.165, 1.54) is 0 Å². The lowest BCUT2D eigenvalue weighted by atomic mass is 10.0. The Morgan fingerprint density at radius 3 is 2.62 bits per heavy atom. The van der Waals surface area contributed by atoms with Crippen molar-refractivity contribution >= 4 is 26.0 Å². The van der Waals surface area contributed by atoms with Crippen molar-refractivity contribution < 1.29 is 13.2 Å². The molecule has 3 rings (SSSR count). The number of benzene rings is 1. The first-order chi connectivity index (χ1) is 11.6. The topological polar surface area (TPSA) is 72.4 Å². The number of hydrogen-bond acceptors (Lipinski definition) is 5. The van der Waals surface area contributed by atoms with Crippen molar-refractivity contribution in [1.29, 1.82) is 0 Å². The third kappa shape index (κ3) is 4.12. The second-order valence-corrected chi connectivity index (χ2v) is 8.53. The Morgan fingerprint density at radius 1 is 1.21 bits per heavy atom. The molecule has 1 saturated heterocycles. The molecule has 2 aromatic rings. The van der Waals surface area contributed by atoms with Gasteiger partial charge in [-0.05, 0) is 40.9 Å². The quantitative estimate of drug-likeness (QED) is 0.755. The van der Waals surface area contributed by atoms with Gasteiger partial charge in [0.1, 0.15) is 0 Å². The highest BCUT2D eigenvalue weighted by atomic mass is 79.9. The number of aromatic nitrogens is 2. The highest BCUT2D eigenvalue weighted by Crippen LogP contribution is 2.24. The molecule has 6 nitrogen and oxygen atoms in total. The largest absolute Gasteiger partial charge is 0.463 e. The van der Waals surface area contributed by atoms with Gasteiger partial charge in [-0.3, -0.25) is 0 Å². The fraction of sp³-hybridized carbons (Fsp3) is 0.375. The molecule has 8 heteroatoms. The summed E-state index contributed by atoms with van der Waals surface area (Å²) in [5, 5.41) is 0. The van der Waals surface area contributed by atoms with E-state index in [0.717, 1.165) is 17.3 Å². The van der Waals surface area contributed by atoms with Gasteiger partial charge < -0.3 is 4.74 Å². The minimum atomic E-state index is -3.44. The maximum Gasteiger partial charge on any atom is 0.316 e. The molecule has 2 heterocycles. The second kappa shape index (κ2) is 7.58. The SMILES string of the molecule is O=S(=O)(c1ccccc1)N1CCCC(COc2ncc(Br)cn2)C1. The Morgan fingerprint density at radius 2 is 1.92 bits per heavy atom. The van der Waals surface area contributed by atoms with Crippen LogP contribution in [0.2, 0.25) is 0 Å². The number of rotatable bonds is 5. The van der Waals surface area contributed by atoms with Crippen LogP contribution < -0.4 is 4.74 Å². The molecule has 128 valence electrons. The van der Waals surface area contributed by atoms with E-state index < -0.39 is 10.0 Å². The number of nitrogens with zero attached hydrogens (tertiary/aromatic N) is 3. The fourth-order valence-electron chi connectivity index (χ4n) is 2.69. The number of ether oxygens (including phenoxy) is 1. The molecule has 24 heavy (non-hydrogen) atoms. The van der Waals surface area contributed by atoms with Crippen molar-refractivity contribution in [3.8, 4) is 6.01 Å². The Hall–Kier alpha value is -1.51. The number of halogens is 1. The third-order valence-corrected chi connectivity index (χ3v) is 6.20. The Balaban J connectivity index is 1.63. The Kier molecular flexibility index (Phi) is 5.47. The molecule has 1 aromatic heterocycles. The highest BCUT2D eigenvalue weighted by Gasteiger charge is 2.30. The maximum absolute atomic E-state index is 12.7. The van der Waals surface area contributed by atoms with Crippen LogP contribution in [-0.4, -0.2) is 42.4 Å². The lowest BCUT2D eigenvalue weighted by Crippen LogP contribution is -2.41. The zero-order chi connectivity index (χ0) is 17.0. The van der Waals surface area contributed by atoms with Gasteiger partial charge >= 0.3 is 6.01 Å². The third-order valence-electron chi connectivity index (χ3n) is 3.91. The van der Waals surface area contributed by atoms with Gasteiger partial charge in [0.2, 0.25) is 10.0 Å². The minimum Gasteiger partial charge on any atom is -0.463 e. The van der Waals surface area contributed by atoms with Crippen LogP contribution in [0.5, 0.6) is 6.01 Å². The van der Waals surface area contributed by atoms with Gasteiger partial charge in [0.25, 0.3) is 0 Å². The number of sulfonamides is 1. The number of piperidine rings is 1. The lowest BCUT2D eigenvalue weighted by molar-refractivity contribution is 0.171. The van der Waals surface area contributed by atoms with Crippen LogP contribution in [0, 0.1) is 5.92 Å². The van der Waals surface area contributed by atoms with Crippen molar-refractivity contribution in [2.24, 2.45) is 5.92 Å². The Bertz CT molecular complexity index is 769. The van der Waals surface area contributed by atoms with E-state index in [1.807, 2.05) is 6.07 Å². The summed E-state index contributed by atoms with van der Waals surface area (Å²) in [5.41, 5.74) is 0. The number of hydrogen-bond donors (Lipinski definition) is 0. The van der Waals surface area contributed by atoms with Gasteiger partial charge in [0.05, 0.1) is 16.0 Å². The predicted molar refractivity (Wildman–Crippen MR) is 93.2 cm³/mol. The molecule has 0 saturated carbocycles. The van der Waals surface area contributed by atoms with E-state index in [4.69, 9.17) is 4.74 Å². The smallest absolute Gasteiger partial charge is 0.316 e. The molecule has 1 fully saturated rings. The lowest BCUT2D eigenvalue weighted by Gasteiger charge is -2.31. The minimum absolute atomic E-state index is 0.129. The van der Waals surface area contributed by atoms with Gasteiger partial charge in [-0.2, -0.15) is 4.31 Å². The monoisotopic (exact) mass is 411 g/mol. The van der Waals surface area contributed by atoms with Crippen LogP contribution >= 0.6 is 15.9 Å². The summed E-state index contributed by atoms with van der Waals surface area (Å²) >= 11 is 3.27. The van der Waals surface area contributed by atoms with Gasteiger partial charge in [-0.25, -0.2) is 18.4 Å². The van der Waals surface area contributed by atoms with Crippen LogP contribution in [0.3, 0.4) is 0 Å². The van der Waals surface area contributed by atoms with E-state index in [1.54, 1.807) is 41.0 Å². The average Bonchev–Trinajstić information content (AvgIpc) is 2.62. The van der Waals surface area contributed by atoms with E-state index in [2.05, 4.69) is 25.9 Å². The highest BCUT2D eigenvalue weighted by molar-refractivity contribution is 9.10. The summed E-state index contributed by atoms with van der Waals surface area (Å²) in [7, 11) is -3.44. The van der Waals surface area contributed by atoms with Crippen molar-refractivity contribution in [2.75, 3.05) is 19.7 Å². The average molecular weight is 412 g/mol. The van der Waals surface area contributed by atoms with Crippen LogP contribution in [0.1, 0.15) is 12.8 Å². The molecule has 0 amide bonds. The molecule has 1 aliphatic heterocycles. The summed E-state index contributed by atoms with van der Waals surface area (Å²) < 4.78 is 33.3. The van der Waals surface area contributed by atoms with Crippen LogP contribution in [0.15, 0.2) is 52.1 Å². The molecule has 0 aliphatic carbocycles. The van der Waals surface area contributed by atoms with E-state index in [0.29, 0.717) is 30.6 Å². The molecule has 1 aromatic carbocycles. The van der Waals surface area contributed by atoms with Gasteiger partial charge in [-0.15, -0.1) is 0 Å². The molecule has 0 spiro atoms. The summed E-state index contributed by atoms with van der Waals surface area (Å²) in [4.78, 5) is 8.47. The van der Waals surface area contributed by atoms with Crippen molar-refractivity contribution in [3.05, 3.63) is 47.2 Å². The fourth-order valence-corrected chi connectivity index (χ4v) is 4.47. The first-order valence-corrected chi connectivity index (χ1v) is 9.94. The summed E-state index contributed by atoms with van der Waals surface area (Å²) in [6.07, 6.45) is 4.99. The predicted octanol–water partition coefficient (Wildman–Crippen LogP) is 2.72. The molecule has 0 radical (unpaired) electrons. The maximum atomic E-state index is 12.7. The summed E-state index contributed by atoms with van der Waals surface area (Å²) in [5.74, 6) is 0.129. The first-order valence-electron chi connectivity index (χ1n) is 7.71. The standard InChI is InChI=1S/C16H18BrN3O3S/c17-14-9-18-16(19-10-14)23-12-13-5-4-8-20(11-13)24(21,22)15-6-2-1-3-7-15/h1-3,6-7,9-10,13H,4-5,8,11-12H2. The van der Waals surface area contributed by atoms with Crippen LogP contribution in [-0.2, 0) is 10.0 Å². The van der Waals surface area contributed by atoms with Gasteiger partial charge in [0.15, 0.2) is 0 Å². The molecule has 1 aliphatic rings. The van der Waals surface area contributed by atoms with Crippen LogP contribution in [0.4, 0.5) is 0 Å². The zero-order valence-corrected chi connectivity index (χ0v) is 15.4. The van der Waals surface area contributed by atoms with Crippen molar-refractivity contribution in [1.82, 2.24) is 14.3 Å². The Labute approximate surface area is 150 Å². The molecular weight excluding hydrogens is 394 g/mol. The van der Waals surface area contributed by atoms with Crippen molar-refractivity contribution in [3.63, 3.8) is 0 Å². The van der Waals surface area contributed by atoms with E-state index in [-0.39, 0.29) is 5.92 Å². The zero-order valence-electron chi connectivity index (χ0n) is 13.0. The molecular formula is C16H18BrN3O3S. The molecule has 0 N–H and O–H groups in total. The van der Waals surface area contributed by atoms with Crippen molar-refractivity contribution in [2.45, 2.75) is 17.7 Å². The molecule has 0 bridgehead atoms. The first kappa shape index (κ1) is 17.3. The molecule has 1 atom stereocenters. The normalized spacial score (nSPS) is 19.1. The van der Waals surface area contributed by atoms with Gasteiger partial charge in [0, 0.05) is 31.4 Å². The second-order valence-electron chi connectivity index (χ2n) is 5.68.